The second kappa shape index (κ2) is 6.55. The van der Waals surface area contributed by atoms with Gasteiger partial charge in [-0.3, -0.25) is 0 Å². The van der Waals surface area contributed by atoms with E-state index in [-0.39, 0.29) is 0 Å². The summed E-state index contributed by atoms with van der Waals surface area (Å²) in [5.74, 6) is 0. The summed E-state index contributed by atoms with van der Waals surface area (Å²) in [6.07, 6.45) is 14.1. The summed E-state index contributed by atoms with van der Waals surface area (Å²) in [4.78, 5) is 4.35. The van der Waals surface area contributed by atoms with Gasteiger partial charge in [0.1, 0.15) is 0 Å². The number of hydrogen-bond donors (Lipinski definition) is 0. The Kier molecular flexibility index (Phi) is 4.78. The lowest BCUT2D eigenvalue weighted by atomic mass is 10.0. The van der Waals surface area contributed by atoms with E-state index >= 15 is 0 Å². The Hall–Kier alpha value is -1.57. The van der Waals surface area contributed by atoms with Crippen molar-refractivity contribution in [2.75, 3.05) is 0 Å². The summed E-state index contributed by atoms with van der Waals surface area (Å²) in [5.41, 5.74) is 5.54. The highest BCUT2D eigenvalue weighted by molar-refractivity contribution is 5.73. The monoisotopic (exact) mass is 256 g/mol. The number of nitrogens with zero attached hydrogens (tertiary/aromatic N) is 2. The molecule has 0 radical (unpaired) electrons. The average molecular weight is 256 g/mol. The van der Waals surface area contributed by atoms with E-state index in [9.17, 15) is 0 Å². The van der Waals surface area contributed by atoms with Crippen LogP contribution >= 0.6 is 0 Å². The van der Waals surface area contributed by atoms with Crippen molar-refractivity contribution >= 4 is 5.57 Å². The molecule has 1 aliphatic rings. The van der Waals surface area contributed by atoms with Gasteiger partial charge in [-0.05, 0) is 49.3 Å². The maximum absolute atomic E-state index is 4.35. The maximum atomic E-state index is 4.35. The molecule has 0 amide bonds. The third-order valence-electron chi connectivity index (χ3n) is 3.87. The second-order valence-electron chi connectivity index (χ2n) is 5.08. The molecule has 0 saturated carbocycles. The zero-order chi connectivity index (χ0) is 13.7. The van der Waals surface area contributed by atoms with E-state index in [1.807, 2.05) is 18.6 Å². The van der Waals surface area contributed by atoms with Gasteiger partial charge in [0, 0.05) is 6.54 Å². The van der Waals surface area contributed by atoms with Crippen molar-refractivity contribution in [1.29, 1.82) is 0 Å². The van der Waals surface area contributed by atoms with Crippen molar-refractivity contribution in [2.45, 2.75) is 52.5 Å². The molecule has 1 aliphatic carbocycles. The summed E-state index contributed by atoms with van der Waals surface area (Å²) < 4.78 is 2.31. The van der Waals surface area contributed by atoms with Crippen molar-refractivity contribution in [3.8, 4) is 0 Å². The summed E-state index contributed by atoms with van der Waals surface area (Å²) in [6.45, 7) is 9.33. The van der Waals surface area contributed by atoms with E-state index in [0.29, 0.717) is 0 Å². The number of rotatable bonds is 6. The van der Waals surface area contributed by atoms with Gasteiger partial charge >= 0.3 is 0 Å². The van der Waals surface area contributed by atoms with E-state index in [0.717, 1.165) is 6.54 Å². The third-order valence-corrected chi connectivity index (χ3v) is 3.87. The molecule has 0 aromatic carbocycles. The predicted octanol–water partition coefficient (Wildman–Crippen LogP) is 4.75. The summed E-state index contributed by atoms with van der Waals surface area (Å²) >= 11 is 0. The minimum absolute atomic E-state index is 1.07. The lowest BCUT2D eigenvalue weighted by Crippen LogP contribution is -2.01. The van der Waals surface area contributed by atoms with Gasteiger partial charge in [-0.1, -0.05) is 32.1 Å². The molecule has 0 spiro atoms. The molecule has 102 valence electrons. The summed E-state index contributed by atoms with van der Waals surface area (Å²) in [7, 11) is 0. The lowest BCUT2D eigenvalue weighted by molar-refractivity contribution is 0.625. The van der Waals surface area contributed by atoms with Gasteiger partial charge in [-0.2, -0.15) is 0 Å². The van der Waals surface area contributed by atoms with Crippen molar-refractivity contribution in [2.24, 2.45) is 0 Å². The fraction of sp³-hybridized carbons (Fsp3) is 0.471. The number of aromatic nitrogens is 2. The van der Waals surface area contributed by atoms with E-state index in [1.54, 1.807) is 0 Å². The molecule has 2 rings (SSSR count). The standard InChI is InChI=1S/C17H24N2/c1-4-7-11-19-13-18-12-17(19)16-10-8-9-15(16)14(5-2)6-3/h5-6,12-13H,2,4,7-11H2,1,3H3/b14-6-. The highest BCUT2D eigenvalue weighted by atomic mass is 15.0. The Balaban J connectivity index is 2.36. The Morgan fingerprint density at radius 2 is 2.32 bits per heavy atom. The first-order valence-electron chi connectivity index (χ1n) is 7.33. The largest absolute Gasteiger partial charge is 0.331 e. The van der Waals surface area contributed by atoms with Crippen LogP contribution in [0, 0.1) is 0 Å². The van der Waals surface area contributed by atoms with Crippen LogP contribution in [0.15, 0.2) is 42.4 Å². The fourth-order valence-corrected chi connectivity index (χ4v) is 2.84. The number of imidazole rings is 1. The van der Waals surface area contributed by atoms with Crippen LogP contribution in [0.4, 0.5) is 0 Å². The van der Waals surface area contributed by atoms with Crippen molar-refractivity contribution < 1.29 is 0 Å². The molecule has 1 heterocycles. The Bertz CT molecular complexity index is 503. The molecule has 0 N–H and O–H groups in total. The highest BCUT2D eigenvalue weighted by Crippen LogP contribution is 2.37. The van der Waals surface area contributed by atoms with Gasteiger partial charge < -0.3 is 4.57 Å². The van der Waals surface area contributed by atoms with Gasteiger partial charge in [0.25, 0.3) is 0 Å². The Morgan fingerprint density at radius 3 is 3.00 bits per heavy atom. The molecule has 0 atom stereocenters. The molecule has 0 bridgehead atoms. The fourth-order valence-electron chi connectivity index (χ4n) is 2.84. The van der Waals surface area contributed by atoms with Crippen molar-refractivity contribution in [1.82, 2.24) is 9.55 Å². The molecule has 0 fully saturated rings. The number of hydrogen-bond acceptors (Lipinski definition) is 1. The third kappa shape index (κ3) is 2.89. The van der Waals surface area contributed by atoms with E-state index in [1.165, 1.54) is 54.5 Å². The molecule has 0 aliphatic heterocycles. The quantitative estimate of drug-likeness (QED) is 0.671. The zero-order valence-corrected chi connectivity index (χ0v) is 12.2. The van der Waals surface area contributed by atoms with E-state index in [2.05, 4.69) is 36.1 Å². The molecule has 0 unspecified atom stereocenters. The first-order chi connectivity index (χ1) is 9.31. The molecule has 1 aromatic rings. The number of allylic oxidation sites excluding steroid dienone is 5. The van der Waals surface area contributed by atoms with Crippen molar-refractivity contribution in [3.05, 3.63) is 48.1 Å². The Labute approximate surface area is 116 Å². The van der Waals surface area contributed by atoms with Gasteiger partial charge in [0.05, 0.1) is 18.2 Å². The van der Waals surface area contributed by atoms with Crippen LogP contribution in [0.2, 0.25) is 0 Å². The summed E-state index contributed by atoms with van der Waals surface area (Å²) in [5, 5.41) is 0. The second-order valence-corrected chi connectivity index (χ2v) is 5.08. The molecule has 2 heteroatoms. The minimum atomic E-state index is 1.07. The zero-order valence-electron chi connectivity index (χ0n) is 12.2. The van der Waals surface area contributed by atoms with E-state index in [4.69, 9.17) is 0 Å². The molecule has 2 nitrogen and oxygen atoms in total. The predicted molar refractivity (Wildman–Crippen MR) is 81.9 cm³/mol. The van der Waals surface area contributed by atoms with E-state index < -0.39 is 0 Å². The summed E-state index contributed by atoms with van der Waals surface area (Å²) in [6, 6.07) is 0. The van der Waals surface area contributed by atoms with Crippen LogP contribution in [0.5, 0.6) is 0 Å². The smallest absolute Gasteiger partial charge is 0.0950 e. The van der Waals surface area contributed by atoms with Crippen LogP contribution in [-0.2, 0) is 6.54 Å². The average Bonchev–Trinajstić information content (AvgIpc) is 3.06. The highest BCUT2D eigenvalue weighted by Gasteiger charge is 2.20. The molecule has 1 aromatic heterocycles. The van der Waals surface area contributed by atoms with Crippen LogP contribution in [0.25, 0.3) is 5.57 Å². The Morgan fingerprint density at radius 1 is 1.47 bits per heavy atom. The minimum Gasteiger partial charge on any atom is -0.331 e. The van der Waals surface area contributed by atoms with Crippen LogP contribution < -0.4 is 0 Å². The van der Waals surface area contributed by atoms with Gasteiger partial charge in [-0.25, -0.2) is 4.98 Å². The first kappa shape index (κ1) is 13.9. The topological polar surface area (TPSA) is 17.8 Å². The SMILES string of the molecule is C=C/C(=C/C)C1=C(c2cncn2CCCC)CCC1. The first-order valence-corrected chi connectivity index (χ1v) is 7.33. The van der Waals surface area contributed by atoms with Crippen molar-refractivity contribution in [3.63, 3.8) is 0 Å². The normalized spacial score (nSPS) is 16.2. The van der Waals surface area contributed by atoms with Gasteiger partial charge in [0.15, 0.2) is 0 Å². The molecular weight excluding hydrogens is 232 g/mol. The number of unbranched alkanes of at least 4 members (excludes halogenated alkanes) is 1. The molecular formula is C17H24N2. The maximum Gasteiger partial charge on any atom is 0.0950 e. The van der Waals surface area contributed by atoms with Gasteiger partial charge in [-0.15, -0.1) is 0 Å². The number of aryl methyl sites for hydroxylation is 1. The van der Waals surface area contributed by atoms with Gasteiger partial charge in [0.2, 0.25) is 0 Å². The van der Waals surface area contributed by atoms with Crippen LogP contribution in [0.1, 0.15) is 51.6 Å². The molecule has 19 heavy (non-hydrogen) atoms. The molecule has 0 saturated heterocycles. The van der Waals surface area contributed by atoms with Crippen LogP contribution in [-0.4, -0.2) is 9.55 Å². The van der Waals surface area contributed by atoms with Crippen LogP contribution in [0.3, 0.4) is 0 Å². The lowest BCUT2D eigenvalue weighted by Gasteiger charge is -2.11.